The van der Waals surface area contributed by atoms with E-state index in [1.54, 1.807) is 23.1 Å². The minimum Gasteiger partial charge on any atom is -0.490 e. The second-order valence-electron chi connectivity index (χ2n) is 7.98. The second kappa shape index (κ2) is 10.4. The summed E-state index contributed by atoms with van der Waals surface area (Å²) < 4.78 is 11.8. The molecule has 8 heteroatoms. The van der Waals surface area contributed by atoms with E-state index in [1.807, 2.05) is 73.0 Å². The normalized spacial score (nSPS) is 16.1. The molecular formula is C28H22ClN3O3S. The van der Waals surface area contributed by atoms with Gasteiger partial charge in [0.1, 0.15) is 12.4 Å². The molecule has 0 radical (unpaired) electrons. The van der Waals surface area contributed by atoms with Crippen molar-refractivity contribution in [3.8, 4) is 11.5 Å². The number of rotatable bonds is 7. The fraction of sp³-hybridized carbons (Fsp3) is 0.107. The smallest absolute Gasteiger partial charge is 0.283 e. The van der Waals surface area contributed by atoms with Gasteiger partial charge in [-0.05, 0) is 54.0 Å². The Bertz CT molecular complexity index is 1420. The number of halogens is 1. The molecule has 0 unspecified atom stereocenters. The molecule has 3 aromatic rings. The first kappa shape index (κ1) is 23.9. The Balaban J connectivity index is 1.41. The van der Waals surface area contributed by atoms with Crippen LogP contribution in [0.4, 0.5) is 0 Å². The lowest BCUT2D eigenvalue weighted by Crippen LogP contribution is -2.38. The van der Waals surface area contributed by atoms with E-state index in [2.05, 4.69) is 4.99 Å². The van der Waals surface area contributed by atoms with E-state index in [4.69, 9.17) is 26.5 Å². The van der Waals surface area contributed by atoms with Crippen molar-refractivity contribution >= 4 is 52.0 Å². The third-order valence-corrected chi connectivity index (χ3v) is 6.65. The van der Waals surface area contributed by atoms with Crippen molar-refractivity contribution in [2.45, 2.75) is 13.5 Å². The van der Waals surface area contributed by atoms with Crippen molar-refractivity contribution in [2.24, 2.45) is 4.99 Å². The lowest BCUT2D eigenvalue weighted by atomic mass is 10.1. The Kier molecular flexibility index (Phi) is 6.93. The molecule has 5 rings (SSSR count). The molecule has 6 nitrogen and oxygen atoms in total. The molecule has 0 spiro atoms. The van der Waals surface area contributed by atoms with Gasteiger partial charge in [0.25, 0.3) is 5.91 Å². The average molecular weight is 516 g/mol. The number of nitrogens with zero attached hydrogens (tertiary/aromatic N) is 2. The molecule has 1 N–H and O–H groups in total. The number of carbonyl (C=O) groups excluding carboxylic acids is 1. The predicted molar refractivity (Wildman–Crippen MR) is 145 cm³/mol. The van der Waals surface area contributed by atoms with E-state index < -0.39 is 5.91 Å². The fourth-order valence-electron chi connectivity index (χ4n) is 3.82. The van der Waals surface area contributed by atoms with Crippen LogP contribution in [0.25, 0.3) is 11.8 Å². The Labute approximate surface area is 218 Å². The summed E-state index contributed by atoms with van der Waals surface area (Å²) in [6.45, 7) is 2.71. The van der Waals surface area contributed by atoms with E-state index in [-0.39, 0.29) is 11.4 Å². The first-order chi connectivity index (χ1) is 17.5. The molecule has 180 valence electrons. The Hall–Kier alpha value is -3.81. The number of thioether (sulfide) groups is 1. The molecule has 0 saturated carbocycles. The van der Waals surface area contributed by atoms with Crippen LogP contribution in [0.1, 0.15) is 23.6 Å². The van der Waals surface area contributed by atoms with Gasteiger partial charge in [0, 0.05) is 10.4 Å². The largest absolute Gasteiger partial charge is 0.490 e. The summed E-state index contributed by atoms with van der Waals surface area (Å²) in [5.41, 5.74) is 3.67. The minimum absolute atomic E-state index is 0.0890. The highest BCUT2D eigenvalue weighted by atomic mass is 35.5. The van der Waals surface area contributed by atoms with Crippen LogP contribution in [0.2, 0.25) is 5.02 Å². The first-order valence-electron chi connectivity index (χ1n) is 11.3. The maximum atomic E-state index is 12.8. The van der Waals surface area contributed by atoms with Crippen molar-refractivity contribution < 1.29 is 14.3 Å². The summed E-state index contributed by atoms with van der Waals surface area (Å²) in [6, 6.07) is 22.7. The number of benzene rings is 3. The van der Waals surface area contributed by atoms with E-state index in [0.717, 1.165) is 16.8 Å². The molecule has 3 aromatic carbocycles. The van der Waals surface area contributed by atoms with Crippen molar-refractivity contribution in [3.63, 3.8) is 0 Å². The Morgan fingerprint density at radius 3 is 2.56 bits per heavy atom. The summed E-state index contributed by atoms with van der Waals surface area (Å²) in [5.74, 6) is 0.791. The van der Waals surface area contributed by atoms with Gasteiger partial charge in [-0.2, -0.15) is 4.99 Å². The van der Waals surface area contributed by atoms with Crippen molar-refractivity contribution in [1.82, 2.24) is 4.90 Å². The molecule has 2 aliphatic heterocycles. The van der Waals surface area contributed by atoms with Crippen LogP contribution < -0.4 is 9.47 Å². The zero-order valence-electron chi connectivity index (χ0n) is 19.4. The number of carbonyl (C=O) groups is 1. The molecule has 0 saturated heterocycles. The average Bonchev–Trinajstić information content (AvgIpc) is 3.31. The molecule has 0 bridgehead atoms. The molecular weight excluding hydrogens is 494 g/mol. The van der Waals surface area contributed by atoms with Crippen LogP contribution in [0, 0.1) is 5.41 Å². The molecule has 2 aliphatic rings. The molecule has 0 fully saturated rings. The third kappa shape index (κ3) is 4.94. The topological polar surface area (TPSA) is 75.0 Å². The van der Waals surface area contributed by atoms with Crippen LogP contribution in [0.5, 0.6) is 11.5 Å². The van der Waals surface area contributed by atoms with E-state index in [1.165, 1.54) is 11.8 Å². The van der Waals surface area contributed by atoms with Gasteiger partial charge in [0.2, 0.25) is 0 Å². The van der Waals surface area contributed by atoms with Gasteiger partial charge >= 0.3 is 0 Å². The first-order valence-corrected chi connectivity index (χ1v) is 12.6. The minimum atomic E-state index is -0.442. The number of aliphatic imine (C=N–C) groups is 1. The lowest BCUT2D eigenvalue weighted by Gasteiger charge is -2.27. The van der Waals surface area contributed by atoms with Crippen LogP contribution in [-0.2, 0) is 11.4 Å². The van der Waals surface area contributed by atoms with Crippen molar-refractivity contribution in [1.29, 1.82) is 5.41 Å². The van der Waals surface area contributed by atoms with Gasteiger partial charge in [0.05, 0.1) is 17.9 Å². The van der Waals surface area contributed by atoms with Gasteiger partial charge < -0.3 is 9.47 Å². The van der Waals surface area contributed by atoms with Crippen LogP contribution in [0.3, 0.4) is 0 Å². The highest BCUT2D eigenvalue weighted by Crippen LogP contribution is 2.38. The van der Waals surface area contributed by atoms with E-state index in [0.29, 0.717) is 40.5 Å². The van der Waals surface area contributed by atoms with Crippen molar-refractivity contribution in [3.05, 3.63) is 105 Å². The molecule has 0 atom stereocenters. The van der Waals surface area contributed by atoms with Gasteiger partial charge in [0.15, 0.2) is 16.7 Å². The number of amides is 1. The van der Waals surface area contributed by atoms with Gasteiger partial charge in [-0.3, -0.25) is 15.1 Å². The van der Waals surface area contributed by atoms with Crippen LogP contribution in [-0.4, -0.2) is 28.4 Å². The predicted octanol–water partition coefficient (Wildman–Crippen LogP) is 6.62. The monoisotopic (exact) mass is 515 g/mol. The van der Waals surface area contributed by atoms with Gasteiger partial charge in [-0.25, -0.2) is 0 Å². The lowest BCUT2D eigenvalue weighted by molar-refractivity contribution is -0.114. The quantitative estimate of drug-likeness (QED) is 0.358. The number of nitrogens with one attached hydrogen (secondary N) is 1. The van der Waals surface area contributed by atoms with Gasteiger partial charge in [-0.15, -0.1) is 0 Å². The number of ether oxygens (including phenoxy) is 2. The Morgan fingerprint density at radius 2 is 1.81 bits per heavy atom. The highest BCUT2D eigenvalue weighted by Gasteiger charge is 2.36. The zero-order valence-corrected chi connectivity index (χ0v) is 21.0. The maximum absolute atomic E-state index is 12.8. The summed E-state index contributed by atoms with van der Waals surface area (Å²) in [4.78, 5) is 18.8. The van der Waals surface area contributed by atoms with Crippen molar-refractivity contribution in [2.75, 3.05) is 6.61 Å². The molecule has 0 aromatic heterocycles. The highest BCUT2D eigenvalue weighted by molar-refractivity contribution is 8.17. The summed E-state index contributed by atoms with van der Waals surface area (Å²) in [7, 11) is 0. The van der Waals surface area contributed by atoms with Crippen LogP contribution >= 0.6 is 23.4 Å². The molecule has 0 aliphatic carbocycles. The number of amidine groups is 2. The molecule has 2 heterocycles. The zero-order chi connectivity index (χ0) is 25.1. The summed E-state index contributed by atoms with van der Waals surface area (Å²) >= 11 is 7.30. The Morgan fingerprint density at radius 1 is 1.03 bits per heavy atom. The third-order valence-electron chi connectivity index (χ3n) is 5.57. The number of hydrogen-bond donors (Lipinski definition) is 1. The second-order valence-corrected chi connectivity index (χ2v) is 9.26. The standard InChI is InChI=1S/C28H22ClN3O3S/c1-2-34-25-15-19(10-13-24(25)35-16-18-8-11-21(29)12-9-18)14-22-26(30)32-23(20-6-4-3-5-7-20)17-36-28(32)31-27(22)33/h3-15,17,30H,2,16H2,1H3/b22-14+,30-26?. The number of fused-ring (bicyclic) bond motifs is 1. The number of hydrogen-bond acceptors (Lipinski definition) is 5. The molecule has 36 heavy (non-hydrogen) atoms. The van der Waals surface area contributed by atoms with E-state index >= 15 is 0 Å². The molecule has 1 amide bonds. The maximum Gasteiger partial charge on any atom is 0.283 e. The van der Waals surface area contributed by atoms with Gasteiger partial charge in [-0.1, -0.05) is 71.9 Å². The van der Waals surface area contributed by atoms with E-state index in [9.17, 15) is 4.79 Å². The summed E-state index contributed by atoms with van der Waals surface area (Å²) in [5, 5.41) is 11.9. The fourth-order valence-corrected chi connectivity index (χ4v) is 4.84. The van der Waals surface area contributed by atoms with Crippen LogP contribution in [0.15, 0.2) is 88.8 Å². The SMILES string of the molecule is CCOc1cc(/C=C2\C(=N)N3C(c4ccccc4)=CSC3=NC2=O)ccc1OCc1ccc(Cl)cc1. The summed E-state index contributed by atoms with van der Waals surface area (Å²) in [6.07, 6.45) is 1.67.